The first kappa shape index (κ1) is 19.4. The molecule has 1 atom stereocenters. The van der Waals surface area contributed by atoms with Crippen LogP contribution in [0.5, 0.6) is 5.75 Å². The second kappa shape index (κ2) is 8.13. The van der Waals surface area contributed by atoms with Crippen LogP contribution in [0.1, 0.15) is 35.2 Å². The van der Waals surface area contributed by atoms with E-state index >= 15 is 0 Å². The van der Waals surface area contributed by atoms with E-state index in [1.54, 1.807) is 0 Å². The maximum Gasteiger partial charge on any atom is 0.258 e. The number of carbonyl (C=O) groups is 1. The van der Waals surface area contributed by atoms with Crippen molar-refractivity contribution in [3.05, 3.63) is 75.3 Å². The molecule has 1 N–H and O–H groups in total. The zero-order chi connectivity index (χ0) is 19.6. The van der Waals surface area contributed by atoms with Gasteiger partial charge in [-0.25, -0.2) is 0 Å². The summed E-state index contributed by atoms with van der Waals surface area (Å²) < 4.78 is 6.62. The number of hydrogen-bond acceptors (Lipinski definition) is 2. The van der Waals surface area contributed by atoms with Gasteiger partial charge >= 0.3 is 0 Å². The van der Waals surface area contributed by atoms with Crippen molar-refractivity contribution in [1.29, 1.82) is 0 Å². The molecule has 3 aromatic carbocycles. The molecule has 0 aliphatic carbocycles. The van der Waals surface area contributed by atoms with Crippen molar-refractivity contribution >= 4 is 32.6 Å². The maximum absolute atomic E-state index is 12.4. The zero-order valence-electron chi connectivity index (χ0n) is 16.1. The van der Waals surface area contributed by atoms with Gasteiger partial charge < -0.3 is 10.1 Å². The van der Waals surface area contributed by atoms with Crippen molar-refractivity contribution in [2.45, 2.75) is 33.7 Å². The molecule has 27 heavy (non-hydrogen) atoms. The molecule has 0 saturated heterocycles. The smallest absolute Gasteiger partial charge is 0.258 e. The standard InChI is InChI=1S/C23H24BrNO2/c1-14-11-16(3)20(12-15(14)2)17(4)25-22(26)13-27-21-10-9-18-7-5-6-8-19(18)23(21)24/h5-12,17H,13H2,1-4H3,(H,25,26). The Hall–Kier alpha value is -2.33. The van der Waals surface area contributed by atoms with Crippen molar-refractivity contribution in [2.24, 2.45) is 0 Å². The van der Waals surface area contributed by atoms with Crippen molar-refractivity contribution in [3.8, 4) is 5.75 Å². The molecule has 0 aliphatic heterocycles. The van der Waals surface area contributed by atoms with E-state index in [0.29, 0.717) is 5.75 Å². The topological polar surface area (TPSA) is 38.3 Å². The Kier molecular flexibility index (Phi) is 5.85. The first-order valence-electron chi connectivity index (χ1n) is 9.04. The average molecular weight is 426 g/mol. The highest BCUT2D eigenvalue weighted by molar-refractivity contribution is 9.10. The molecule has 0 aliphatic rings. The van der Waals surface area contributed by atoms with Gasteiger partial charge in [0.25, 0.3) is 5.91 Å². The maximum atomic E-state index is 12.4. The van der Waals surface area contributed by atoms with Gasteiger partial charge in [0.1, 0.15) is 5.75 Å². The summed E-state index contributed by atoms with van der Waals surface area (Å²) in [6, 6.07) is 16.2. The van der Waals surface area contributed by atoms with Gasteiger partial charge in [-0.3, -0.25) is 4.79 Å². The fourth-order valence-electron chi connectivity index (χ4n) is 3.28. The summed E-state index contributed by atoms with van der Waals surface area (Å²) in [4.78, 5) is 12.4. The highest BCUT2D eigenvalue weighted by atomic mass is 79.9. The number of aryl methyl sites for hydroxylation is 3. The number of benzene rings is 3. The van der Waals surface area contributed by atoms with Gasteiger partial charge in [-0.05, 0) is 82.7 Å². The molecule has 3 nitrogen and oxygen atoms in total. The number of halogens is 1. The highest BCUT2D eigenvalue weighted by Gasteiger charge is 2.14. The minimum absolute atomic E-state index is 0.0226. The number of rotatable bonds is 5. The van der Waals surface area contributed by atoms with Gasteiger partial charge in [-0.15, -0.1) is 0 Å². The molecule has 0 radical (unpaired) electrons. The van der Waals surface area contributed by atoms with Crippen molar-refractivity contribution in [3.63, 3.8) is 0 Å². The molecule has 3 rings (SSSR count). The Bertz CT molecular complexity index is 997. The molecule has 1 amide bonds. The number of hydrogen-bond donors (Lipinski definition) is 1. The Morgan fingerprint density at radius 3 is 2.52 bits per heavy atom. The first-order chi connectivity index (χ1) is 12.9. The van der Waals surface area contributed by atoms with Crippen LogP contribution in [0, 0.1) is 20.8 Å². The van der Waals surface area contributed by atoms with Crippen LogP contribution in [0.15, 0.2) is 53.0 Å². The van der Waals surface area contributed by atoms with E-state index in [0.717, 1.165) is 20.8 Å². The third-order valence-electron chi connectivity index (χ3n) is 4.91. The molecular formula is C23H24BrNO2. The lowest BCUT2D eigenvalue weighted by molar-refractivity contribution is -0.123. The molecule has 0 spiro atoms. The van der Waals surface area contributed by atoms with E-state index in [2.05, 4.69) is 54.2 Å². The largest absolute Gasteiger partial charge is 0.483 e. The lowest BCUT2D eigenvalue weighted by Gasteiger charge is -2.19. The SMILES string of the molecule is Cc1cc(C)c(C(C)NC(=O)COc2ccc3ccccc3c2Br)cc1C. The van der Waals surface area contributed by atoms with E-state index in [1.165, 1.54) is 16.7 Å². The van der Waals surface area contributed by atoms with E-state index in [4.69, 9.17) is 4.74 Å². The van der Waals surface area contributed by atoms with E-state index < -0.39 is 0 Å². The molecule has 4 heteroatoms. The summed E-state index contributed by atoms with van der Waals surface area (Å²) in [5, 5.41) is 5.22. The van der Waals surface area contributed by atoms with Crippen LogP contribution in [-0.2, 0) is 4.79 Å². The molecule has 0 fully saturated rings. The monoisotopic (exact) mass is 425 g/mol. The van der Waals surface area contributed by atoms with E-state index in [9.17, 15) is 4.79 Å². The fourth-order valence-corrected chi connectivity index (χ4v) is 3.89. The summed E-state index contributed by atoms with van der Waals surface area (Å²) in [5.41, 5.74) is 4.81. The van der Waals surface area contributed by atoms with Crippen LogP contribution in [0.4, 0.5) is 0 Å². The number of carbonyl (C=O) groups excluding carboxylic acids is 1. The van der Waals surface area contributed by atoms with Crippen LogP contribution in [-0.4, -0.2) is 12.5 Å². The predicted octanol–water partition coefficient (Wildman–Crippen LogP) is 5.78. The van der Waals surface area contributed by atoms with Crippen LogP contribution in [0.3, 0.4) is 0 Å². The summed E-state index contributed by atoms with van der Waals surface area (Å²) >= 11 is 3.59. The van der Waals surface area contributed by atoms with Crippen LogP contribution >= 0.6 is 15.9 Å². The van der Waals surface area contributed by atoms with Gasteiger partial charge in [-0.1, -0.05) is 42.5 Å². The predicted molar refractivity (Wildman–Crippen MR) is 114 cm³/mol. The Labute approximate surface area is 168 Å². The highest BCUT2D eigenvalue weighted by Crippen LogP contribution is 2.33. The minimum atomic E-state index is -0.139. The molecule has 3 aromatic rings. The molecule has 140 valence electrons. The third-order valence-corrected chi connectivity index (χ3v) is 5.73. The van der Waals surface area contributed by atoms with Crippen LogP contribution < -0.4 is 10.1 Å². The number of amides is 1. The number of fused-ring (bicyclic) bond motifs is 1. The fraction of sp³-hybridized carbons (Fsp3) is 0.261. The lowest BCUT2D eigenvalue weighted by atomic mass is 9.96. The number of ether oxygens (including phenoxy) is 1. The molecular weight excluding hydrogens is 402 g/mol. The van der Waals surface area contributed by atoms with Crippen molar-refractivity contribution < 1.29 is 9.53 Å². The Balaban J connectivity index is 1.66. The Morgan fingerprint density at radius 2 is 1.74 bits per heavy atom. The summed E-state index contributed by atoms with van der Waals surface area (Å²) in [5.74, 6) is 0.527. The third kappa shape index (κ3) is 4.33. The molecule has 0 bridgehead atoms. The van der Waals surface area contributed by atoms with E-state index in [-0.39, 0.29) is 18.6 Å². The lowest BCUT2D eigenvalue weighted by Crippen LogP contribution is -2.31. The second-order valence-electron chi connectivity index (χ2n) is 6.97. The number of nitrogens with one attached hydrogen (secondary N) is 1. The summed E-state index contributed by atoms with van der Waals surface area (Å²) in [6.45, 7) is 8.25. The van der Waals surface area contributed by atoms with Gasteiger partial charge in [0.15, 0.2) is 6.61 Å². The summed E-state index contributed by atoms with van der Waals surface area (Å²) in [6.07, 6.45) is 0. The van der Waals surface area contributed by atoms with Crippen molar-refractivity contribution in [1.82, 2.24) is 5.32 Å². The van der Waals surface area contributed by atoms with Gasteiger partial charge in [0.2, 0.25) is 0 Å². The van der Waals surface area contributed by atoms with Crippen LogP contribution in [0.25, 0.3) is 10.8 Å². The van der Waals surface area contributed by atoms with Gasteiger partial charge in [0.05, 0.1) is 10.5 Å². The molecule has 0 heterocycles. The van der Waals surface area contributed by atoms with Crippen molar-refractivity contribution in [2.75, 3.05) is 6.61 Å². The minimum Gasteiger partial charge on any atom is -0.483 e. The molecule has 0 aromatic heterocycles. The van der Waals surface area contributed by atoms with Gasteiger partial charge in [-0.2, -0.15) is 0 Å². The Morgan fingerprint density at radius 1 is 1.04 bits per heavy atom. The van der Waals surface area contributed by atoms with Gasteiger partial charge in [0, 0.05) is 0 Å². The molecule has 1 unspecified atom stereocenters. The van der Waals surface area contributed by atoms with E-state index in [1.807, 2.05) is 43.3 Å². The normalized spacial score (nSPS) is 12.0. The van der Waals surface area contributed by atoms with Crippen LogP contribution in [0.2, 0.25) is 0 Å². The first-order valence-corrected chi connectivity index (χ1v) is 9.83. The quantitative estimate of drug-likeness (QED) is 0.561. The zero-order valence-corrected chi connectivity index (χ0v) is 17.7. The average Bonchev–Trinajstić information content (AvgIpc) is 2.64. The second-order valence-corrected chi connectivity index (χ2v) is 7.76. The molecule has 0 saturated carbocycles. The summed E-state index contributed by atoms with van der Waals surface area (Å²) in [7, 11) is 0.